The number of likely N-dealkylation sites (tertiary alicyclic amines) is 2. The first-order valence-electron chi connectivity index (χ1n) is 12.9. The number of aromatic nitrogens is 2. The van der Waals surface area contributed by atoms with Crippen molar-refractivity contribution < 1.29 is 14.0 Å². The Morgan fingerprint density at radius 1 is 1.22 bits per heavy atom. The maximum Gasteiger partial charge on any atom is 0.317 e. The summed E-state index contributed by atoms with van der Waals surface area (Å²) in [5, 5.41) is 13.0. The van der Waals surface area contributed by atoms with Crippen molar-refractivity contribution in [3.63, 3.8) is 0 Å². The number of fused-ring (bicyclic) bond motifs is 1. The first kappa shape index (κ1) is 25.3. The number of nitrogens with zero attached hydrogens (tertiary/aromatic N) is 4. The van der Waals surface area contributed by atoms with E-state index in [4.69, 9.17) is 11.6 Å². The van der Waals surface area contributed by atoms with Crippen LogP contribution in [-0.2, 0) is 4.79 Å². The molecule has 2 atom stereocenters. The van der Waals surface area contributed by atoms with Crippen LogP contribution in [0.4, 0.5) is 15.0 Å². The van der Waals surface area contributed by atoms with Gasteiger partial charge in [-0.3, -0.25) is 4.79 Å². The van der Waals surface area contributed by atoms with Crippen molar-refractivity contribution in [3.05, 3.63) is 46.9 Å². The van der Waals surface area contributed by atoms with E-state index in [2.05, 4.69) is 31.2 Å². The van der Waals surface area contributed by atoms with Crippen LogP contribution in [0.3, 0.4) is 0 Å². The topological polar surface area (TPSA) is 115 Å². The minimum Gasteiger partial charge on any atom is -0.367 e. The van der Waals surface area contributed by atoms with Crippen molar-refractivity contribution in [1.82, 2.24) is 35.7 Å². The van der Waals surface area contributed by atoms with Gasteiger partial charge in [-0.05, 0) is 38.2 Å². The average molecular weight is 531 g/mol. The third kappa shape index (κ3) is 5.82. The van der Waals surface area contributed by atoms with Crippen LogP contribution in [0.25, 0.3) is 5.57 Å². The van der Waals surface area contributed by atoms with Crippen LogP contribution in [0.5, 0.6) is 0 Å². The van der Waals surface area contributed by atoms with Crippen molar-refractivity contribution in [2.45, 2.75) is 50.7 Å². The van der Waals surface area contributed by atoms with Crippen LogP contribution in [0, 0.1) is 5.82 Å². The summed E-state index contributed by atoms with van der Waals surface area (Å²) < 4.78 is 14.6. The van der Waals surface area contributed by atoms with Crippen LogP contribution in [-0.4, -0.2) is 76.6 Å². The molecule has 12 heteroatoms. The lowest BCUT2D eigenvalue weighted by Crippen LogP contribution is -2.51. The van der Waals surface area contributed by atoms with Gasteiger partial charge in [0, 0.05) is 62.7 Å². The summed E-state index contributed by atoms with van der Waals surface area (Å²) in [5.74, 6) is 0.125. The summed E-state index contributed by atoms with van der Waals surface area (Å²) in [6, 6.07) is -0.212. The summed E-state index contributed by atoms with van der Waals surface area (Å²) in [7, 11) is 0. The Bertz CT molecular complexity index is 1140. The number of anilines is 1. The maximum absolute atomic E-state index is 14.6. The predicted molar refractivity (Wildman–Crippen MR) is 139 cm³/mol. The zero-order valence-corrected chi connectivity index (χ0v) is 21.4. The molecule has 1 aromatic rings. The Morgan fingerprint density at radius 3 is 2.92 bits per heavy atom. The molecule has 0 aromatic carbocycles. The largest absolute Gasteiger partial charge is 0.367 e. The van der Waals surface area contributed by atoms with Gasteiger partial charge in [-0.1, -0.05) is 11.6 Å². The highest BCUT2D eigenvalue weighted by Crippen LogP contribution is 2.31. The van der Waals surface area contributed by atoms with E-state index in [-0.39, 0.29) is 30.0 Å². The number of halogens is 2. The van der Waals surface area contributed by atoms with Crippen LogP contribution in [0.2, 0.25) is 0 Å². The number of hydrogen-bond donors (Lipinski definition) is 4. The minimum absolute atomic E-state index is 0.0855. The Balaban J connectivity index is 1.17. The van der Waals surface area contributed by atoms with Crippen LogP contribution >= 0.6 is 11.6 Å². The lowest BCUT2D eigenvalue weighted by atomic mass is 10.0. The first-order valence-corrected chi connectivity index (χ1v) is 13.3. The van der Waals surface area contributed by atoms with Crippen molar-refractivity contribution in [1.29, 1.82) is 0 Å². The van der Waals surface area contributed by atoms with Gasteiger partial charge in [0.25, 0.3) is 0 Å². The third-order valence-electron chi connectivity index (χ3n) is 7.13. The molecule has 5 heterocycles. The van der Waals surface area contributed by atoms with Gasteiger partial charge in [0.2, 0.25) is 5.91 Å². The number of dihydropyridines is 1. The molecule has 5 rings (SSSR count). The summed E-state index contributed by atoms with van der Waals surface area (Å²) in [4.78, 5) is 36.9. The molecule has 0 bridgehead atoms. The van der Waals surface area contributed by atoms with E-state index in [1.165, 1.54) is 0 Å². The molecule has 2 fully saturated rings. The van der Waals surface area contributed by atoms with Crippen molar-refractivity contribution in [2.24, 2.45) is 0 Å². The highest BCUT2D eigenvalue weighted by atomic mass is 35.5. The molecular formula is C25H32ClFN8O2. The van der Waals surface area contributed by atoms with E-state index >= 15 is 0 Å². The molecule has 198 valence electrons. The third-order valence-corrected chi connectivity index (χ3v) is 7.35. The Kier molecular flexibility index (Phi) is 7.78. The quantitative estimate of drug-likeness (QED) is 0.382. The van der Waals surface area contributed by atoms with Gasteiger partial charge >= 0.3 is 6.03 Å². The van der Waals surface area contributed by atoms with Crippen LogP contribution in [0.15, 0.2) is 35.3 Å². The highest BCUT2D eigenvalue weighted by Gasteiger charge is 2.29. The number of urea groups is 1. The van der Waals surface area contributed by atoms with E-state index in [0.29, 0.717) is 43.5 Å². The summed E-state index contributed by atoms with van der Waals surface area (Å²) in [6.07, 6.45) is 11.4. The maximum atomic E-state index is 14.6. The number of rotatable bonds is 8. The fourth-order valence-corrected chi connectivity index (χ4v) is 5.34. The number of carbonyl (C=O) groups excluding carboxylic acids is 2. The smallest absolute Gasteiger partial charge is 0.317 e. The molecule has 1 unspecified atom stereocenters. The lowest BCUT2D eigenvalue weighted by molar-refractivity contribution is -0.127. The van der Waals surface area contributed by atoms with E-state index in [0.717, 1.165) is 56.0 Å². The standard InChI is InChI=1S/C25H32ClFN8O2/c26-16-11-18-19(14-31-22(18)29-12-16)23-32-15-20(27)24(33-23)30-13-17-5-1-2-10-35(17)25(37)28-7-4-9-34-8-3-6-21(34)36/h11-12,14-15,17,22,29,31H,1-10,13H2,(H,28,37)(H,30,32,33)/t17-,22?/m1/s1. The predicted octanol–water partition coefficient (Wildman–Crippen LogP) is 2.48. The number of allylic oxidation sites excluding steroid dienone is 2. The average Bonchev–Trinajstić information content (AvgIpc) is 3.51. The van der Waals surface area contributed by atoms with Crippen molar-refractivity contribution >= 4 is 34.9 Å². The minimum atomic E-state index is -0.552. The zero-order valence-electron chi connectivity index (χ0n) is 20.6. The second kappa shape index (κ2) is 11.4. The van der Waals surface area contributed by atoms with Crippen molar-refractivity contribution in [2.75, 3.05) is 38.0 Å². The molecule has 1 aromatic heterocycles. The molecule has 0 radical (unpaired) electrons. The number of amides is 3. The van der Waals surface area contributed by atoms with Gasteiger partial charge in [-0.2, -0.15) is 0 Å². The van der Waals surface area contributed by atoms with E-state index < -0.39 is 5.82 Å². The molecule has 3 amide bonds. The van der Waals surface area contributed by atoms with Crippen LogP contribution in [0.1, 0.15) is 44.3 Å². The van der Waals surface area contributed by atoms with Gasteiger partial charge < -0.3 is 31.1 Å². The molecule has 2 saturated heterocycles. The van der Waals surface area contributed by atoms with Gasteiger partial charge in [0.1, 0.15) is 6.17 Å². The van der Waals surface area contributed by atoms with Gasteiger partial charge in [0.15, 0.2) is 17.5 Å². The highest BCUT2D eigenvalue weighted by molar-refractivity contribution is 6.31. The molecule has 0 saturated carbocycles. The first-order chi connectivity index (χ1) is 18.0. The summed E-state index contributed by atoms with van der Waals surface area (Å²) >= 11 is 6.14. The van der Waals surface area contributed by atoms with E-state index in [9.17, 15) is 14.0 Å². The van der Waals surface area contributed by atoms with E-state index in [1.807, 2.05) is 15.9 Å². The van der Waals surface area contributed by atoms with Gasteiger partial charge in [-0.15, -0.1) is 0 Å². The fourth-order valence-electron chi connectivity index (χ4n) is 5.16. The second-order valence-corrected chi connectivity index (χ2v) is 10.1. The summed E-state index contributed by atoms with van der Waals surface area (Å²) in [5.41, 5.74) is 1.62. The van der Waals surface area contributed by atoms with Crippen molar-refractivity contribution in [3.8, 4) is 0 Å². The number of piperidine rings is 1. The summed E-state index contributed by atoms with van der Waals surface area (Å²) in [6.45, 7) is 3.01. The van der Waals surface area contributed by atoms with E-state index in [1.54, 1.807) is 12.4 Å². The molecule has 0 aliphatic carbocycles. The van der Waals surface area contributed by atoms with Gasteiger partial charge in [-0.25, -0.2) is 19.2 Å². The molecule has 0 spiro atoms. The number of nitrogens with one attached hydrogen (secondary N) is 4. The Labute approximate surface area is 220 Å². The second-order valence-electron chi connectivity index (χ2n) is 9.64. The Morgan fingerprint density at radius 2 is 2.08 bits per heavy atom. The molecule has 4 N–H and O–H groups in total. The monoisotopic (exact) mass is 530 g/mol. The normalized spacial score (nSPS) is 23.0. The van der Waals surface area contributed by atoms with Crippen LogP contribution < -0.4 is 21.3 Å². The number of carbonyl (C=O) groups is 2. The number of hydrogen-bond acceptors (Lipinski definition) is 7. The zero-order chi connectivity index (χ0) is 25.8. The molecule has 10 nitrogen and oxygen atoms in total. The molecule has 4 aliphatic heterocycles. The van der Waals surface area contributed by atoms with Gasteiger partial charge in [0.05, 0.1) is 17.3 Å². The SMILES string of the molecule is O=C1CCCN1CCCNC(=O)N1CCCC[C@@H]1CNc1nc(C2=CNC3NC=C(Cl)C=C23)ncc1F. The molecule has 37 heavy (non-hydrogen) atoms. The molecule has 4 aliphatic rings. The Hall–Kier alpha value is -3.34. The lowest BCUT2D eigenvalue weighted by Gasteiger charge is -2.36. The fraction of sp³-hybridized carbons (Fsp3) is 0.520. The molecular weight excluding hydrogens is 499 g/mol.